The minimum absolute atomic E-state index is 0.116. The number of hydrogen-bond acceptors (Lipinski definition) is 4. The molecule has 1 N–H and O–H groups in total. The van der Waals surface area contributed by atoms with Gasteiger partial charge in [-0.05, 0) is 48.5 Å². The van der Waals surface area contributed by atoms with Crippen LogP contribution in [0.1, 0.15) is 5.69 Å². The summed E-state index contributed by atoms with van der Waals surface area (Å²) in [6, 6.07) is 11.3. The average Bonchev–Trinajstić information content (AvgIpc) is 2.64. The van der Waals surface area contributed by atoms with Gasteiger partial charge in [0.25, 0.3) is 10.0 Å². The number of pyridine rings is 1. The first-order chi connectivity index (χ1) is 13.2. The van der Waals surface area contributed by atoms with Gasteiger partial charge in [0.15, 0.2) is 11.5 Å². The van der Waals surface area contributed by atoms with Crippen LogP contribution in [0.2, 0.25) is 10.0 Å². The van der Waals surface area contributed by atoms with E-state index in [-0.39, 0.29) is 32.0 Å². The van der Waals surface area contributed by atoms with E-state index in [4.69, 9.17) is 28.5 Å². The van der Waals surface area contributed by atoms with Gasteiger partial charge in [-0.3, -0.25) is 4.72 Å². The largest absolute Gasteiger partial charge is 0.280 e. The molecule has 142 valence electrons. The van der Waals surface area contributed by atoms with Crippen molar-refractivity contribution in [3.05, 3.63) is 75.9 Å². The lowest BCUT2D eigenvalue weighted by Crippen LogP contribution is -2.13. The maximum absolute atomic E-state index is 13.5. The van der Waals surface area contributed by atoms with E-state index in [9.17, 15) is 17.2 Å². The van der Waals surface area contributed by atoms with E-state index in [1.165, 1.54) is 24.3 Å². The van der Waals surface area contributed by atoms with E-state index in [2.05, 4.69) is 9.71 Å². The van der Waals surface area contributed by atoms with Crippen LogP contribution in [0.4, 0.5) is 14.5 Å². The first-order valence-electron chi connectivity index (χ1n) is 7.56. The third kappa shape index (κ3) is 4.07. The van der Waals surface area contributed by atoms with E-state index in [0.29, 0.717) is 5.56 Å². The number of nitriles is 1. The van der Waals surface area contributed by atoms with Gasteiger partial charge in [-0.2, -0.15) is 5.26 Å². The maximum Gasteiger partial charge on any atom is 0.261 e. The second-order valence-electron chi connectivity index (χ2n) is 5.51. The molecule has 0 fully saturated rings. The van der Waals surface area contributed by atoms with Gasteiger partial charge in [-0.1, -0.05) is 23.2 Å². The van der Waals surface area contributed by atoms with Crippen LogP contribution < -0.4 is 4.72 Å². The van der Waals surface area contributed by atoms with Gasteiger partial charge in [0.05, 0.1) is 26.3 Å². The molecule has 0 unspecified atom stereocenters. The molecule has 0 saturated carbocycles. The highest BCUT2D eigenvalue weighted by Gasteiger charge is 2.17. The Morgan fingerprint density at radius 2 is 1.71 bits per heavy atom. The van der Waals surface area contributed by atoms with Crippen LogP contribution >= 0.6 is 23.2 Å². The molecule has 0 aliphatic carbocycles. The SMILES string of the molecule is N#Cc1nc(-c2ccc(NS(=O)(=O)c3ccc(Cl)c(F)c3)cc2Cl)ccc1F. The van der Waals surface area contributed by atoms with Crippen molar-refractivity contribution in [2.45, 2.75) is 4.90 Å². The van der Waals surface area contributed by atoms with Gasteiger partial charge in [0.1, 0.15) is 11.9 Å². The number of sulfonamides is 1. The minimum atomic E-state index is -4.08. The Kier molecular flexibility index (Phi) is 5.52. The van der Waals surface area contributed by atoms with Gasteiger partial charge < -0.3 is 0 Å². The summed E-state index contributed by atoms with van der Waals surface area (Å²) in [5.74, 6) is -1.63. The Balaban J connectivity index is 1.92. The fraction of sp³-hybridized carbons (Fsp3) is 0. The predicted molar refractivity (Wildman–Crippen MR) is 102 cm³/mol. The second kappa shape index (κ2) is 7.72. The fourth-order valence-electron chi connectivity index (χ4n) is 2.31. The van der Waals surface area contributed by atoms with Crippen molar-refractivity contribution in [1.29, 1.82) is 5.26 Å². The first-order valence-corrected chi connectivity index (χ1v) is 9.79. The Hall–Kier alpha value is -2.73. The summed E-state index contributed by atoms with van der Waals surface area (Å²) in [6.45, 7) is 0. The molecule has 0 aliphatic rings. The minimum Gasteiger partial charge on any atom is -0.280 e. The van der Waals surface area contributed by atoms with E-state index in [1.54, 1.807) is 6.07 Å². The number of nitrogens with zero attached hydrogens (tertiary/aromatic N) is 2. The number of hydrogen-bond donors (Lipinski definition) is 1. The van der Waals surface area contributed by atoms with E-state index in [1.807, 2.05) is 0 Å². The monoisotopic (exact) mass is 439 g/mol. The highest BCUT2D eigenvalue weighted by Crippen LogP contribution is 2.31. The van der Waals surface area contributed by atoms with Crippen LogP contribution in [-0.4, -0.2) is 13.4 Å². The Bertz CT molecular complexity index is 1230. The van der Waals surface area contributed by atoms with E-state index in [0.717, 1.165) is 24.3 Å². The molecule has 28 heavy (non-hydrogen) atoms. The van der Waals surface area contributed by atoms with E-state index >= 15 is 0 Å². The topological polar surface area (TPSA) is 82.8 Å². The normalized spacial score (nSPS) is 11.1. The molecule has 3 rings (SSSR count). The number of rotatable bonds is 4. The molecule has 0 saturated heterocycles. The van der Waals surface area contributed by atoms with Gasteiger partial charge in [-0.25, -0.2) is 22.2 Å². The summed E-state index contributed by atoms with van der Waals surface area (Å²) in [7, 11) is -4.08. The van der Waals surface area contributed by atoms with Gasteiger partial charge in [-0.15, -0.1) is 0 Å². The van der Waals surface area contributed by atoms with Crippen molar-refractivity contribution >= 4 is 38.9 Å². The summed E-state index contributed by atoms with van der Waals surface area (Å²) in [6.07, 6.45) is 0. The zero-order chi connectivity index (χ0) is 20.5. The average molecular weight is 440 g/mol. The van der Waals surface area contributed by atoms with Crippen LogP contribution in [0.3, 0.4) is 0 Å². The summed E-state index contributed by atoms with van der Waals surface area (Å²) in [4.78, 5) is 3.57. The molecular formula is C18H9Cl2F2N3O2S. The molecule has 0 spiro atoms. The van der Waals surface area contributed by atoms with Crippen LogP contribution in [0.25, 0.3) is 11.3 Å². The molecule has 1 aromatic heterocycles. The number of benzene rings is 2. The lowest BCUT2D eigenvalue weighted by Gasteiger charge is -2.11. The lowest BCUT2D eigenvalue weighted by atomic mass is 10.1. The van der Waals surface area contributed by atoms with Gasteiger partial charge in [0, 0.05) is 5.56 Å². The van der Waals surface area contributed by atoms with Crippen LogP contribution in [0.5, 0.6) is 0 Å². The number of aromatic nitrogens is 1. The van der Waals surface area contributed by atoms with Crippen LogP contribution in [0, 0.1) is 23.0 Å². The number of anilines is 1. The molecule has 2 aromatic carbocycles. The number of halogens is 4. The molecule has 3 aromatic rings. The van der Waals surface area contributed by atoms with Crippen molar-refractivity contribution in [2.24, 2.45) is 0 Å². The molecule has 0 bridgehead atoms. The molecule has 0 aliphatic heterocycles. The van der Waals surface area contributed by atoms with Gasteiger partial charge >= 0.3 is 0 Å². The quantitative estimate of drug-likeness (QED) is 0.619. The summed E-state index contributed by atoms with van der Waals surface area (Å²) >= 11 is 11.8. The van der Waals surface area contributed by atoms with Crippen LogP contribution in [0.15, 0.2) is 53.4 Å². The standard InChI is InChI=1S/C18H9Cl2F2N3O2S/c19-13-4-2-11(8-16(13)22)28(26,27)25-10-1-3-12(14(20)7-10)17-6-5-15(21)18(9-23)24-17/h1-8,25H. The van der Waals surface area contributed by atoms with Gasteiger partial charge in [0.2, 0.25) is 0 Å². The third-order valence-electron chi connectivity index (χ3n) is 3.65. The Morgan fingerprint density at radius 1 is 0.964 bits per heavy atom. The Morgan fingerprint density at radius 3 is 2.36 bits per heavy atom. The lowest BCUT2D eigenvalue weighted by molar-refractivity contribution is 0.595. The van der Waals surface area contributed by atoms with Crippen molar-refractivity contribution in [3.63, 3.8) is 0 Å². The Labute approximate surface area is 169 Å². The van der Waals surface area contributed by atoms with Crippen molar-refractivity contribution in [3.8, 4) is 17.3 Å². The molecular weight excluding hydrogens is 431 g/mol. The maximum atomic E-state index is 13.5. The molecule has 5 nitrogen and oxygen atoms in total. The molecule has 0 atom stereocenters. The summed E-state index contributed by atoms with van der Waals surface area (Å²) in [5, 5.41) is 8.80. The highest BCUT2D eigenvalue weighted by atomic mass is 35.5. The molecule has 0 amide bonds. The first kappa shape index (κ1) is 20.0. The number of nitrogens with one attached hydrogen (secondary N) is 1. The fourth-order valence-corrected chi connectivity index (χ4v) is 3.77. The molecule has 10 heteroatoms. The zero-order valence-electron chi connectivity index (χ0n) is 13.7. The van der Waals surface area contributed by atoms with Crippen molar-refractivity contribution in [1.82, 2.24) is 4.98 Å². The summed E-state index contributed by atoms with van der Waals surface area (Å²) in [5.41, 5.74) is 0.352. The van der Waals surface area contributed by atoms with Crippen LogP contribution in [-0.2, 0) is 10.0 Å². The highest BCUT2D eigenvalue weighted by molar-refractivity contribution is 7.92. The zero-order valence-corrected chi connectivity index (χ0v) is 16.1. The van der Waals surface area contributed by atoms with E-state index < -0.39 is 21.7 Å². The van der Waals surface area contributed by atoms with Crippen molar-refractivity contribution < 1.29 is 17.2 Å². The van der Waals surface area contributed by atoms with Crippen molar-refractivity contribution in [2.75, 3.05) is 4.72 Å². The molecule has 0 radical (unpaired) electrons. The summed E-state index contributed by atoms with van der Waals surface area (Å²) < 4.78 is 54.0. The predicted octanol–water partition coefficient (Wildman–Crippen LogP) is 5.01. The smallest absolute Gasteiger partial charge is 0.261 e. The second-order valence-corrected chi connectivity index (χ2v) is 8.01. The molecule has 1 heterocycles. The third-order valence-corrected chi connectivity index (χ3v) is 5.65.